The van der Waals surface area contributed by atoms with Gasteiger partial charge in [0.2, 0.25) is 5.91 Å². The zero-order valence-corrected chi connectivity index (χ0v) is 12.4. The minimum absolute atomic E-state index is 0.128. The predicted molar refractivity (Wildman–Crippen MR) is 74.9 cm³/mol. The largest absolute Gasteiger partial charge is 0.397 e. The van der Waals surface area contributed by atoms with Gasteiger partial charge < -0.3 is 10.2 Å². The van der Waals surface area contributed by atoms with Crippen LogP contribution in [0.3, 0.4) is 0 Å². The Morgan fingerprint density at radius 3 is 2.48 bits per heavy atom. The van der Waals surface area contributed by atoms with Crippen molar-refractivity contribution < 1.29 is 18.0 Å². The standard InChI is InChI=1S/C15H25F3N2O/c16-15(17,18)9-14(21)19-13-7-4-8-20(11-13)10-12-5-2-1-3-6-12/h12-13H,1-11H2,(H,19,21). The molecule has 0 aromatic rings. The first kappa shape index (κ1) is 16.6. The van der Waals surface area contributed by atoms with E-state index in [1.165, 1.54) is 32.1 Å². The third kappa shape index (κ3) is 6.24. The van der Waals surface area contributed by atoms with Gasteiger partial charge in [-0.2, -0.15) is 13.2 Å². The minimum atomic E-state index is -4.42. The molecule has 3 nitrogen and oxygen atoms in total. The summed E-state index contributed by atoms with van der Waals surface area (Å²) in [5.41, 5.74) is 0. The molecule has 2 aliphatic rings. The van der Waals surface area contributed by atoms with Crippen LogP contribution < -0.4 is 5.32 Å². The molecule has 0 aromatic carbocycles. The van der Waals surface area contributed by atoms with Gasteiger partial charge in [0, 0.05) is 19.1 Å². The number of likely N-dealkylation sites (tertiary alicyclic amines) is 1. The summed E-state index contributed by atoms with van der Waals surface area (Å²) in [5, 5.41) is 2.54. The molecule has 0 spiro atoms. The SMILES string of the molecule is O=C(CC(F)(F)F)NC1CCCN(CC2CCCCC2)C1. The lowest BCUT2D eigenvalue weighted by Crippen LogP contribution is -2.49. The number of nitrogens with zero attached hydrogens (tertiary/aromatic N) is 1. The summed E-state index contributed by atoms with van der Waals surface area (Å²) in [4.78, 5) is 13.7. The molecule has 1 aliphatic carbocycles. The number of hydrogen-bond donors (Lipinski definition) is 1. The van der Waals surface area contributed by atoms with Crippen LogP contribution >= 0.6 is 0 Å². The molecule has 1 saturated heterocycles. The van der Waals surface area contributed by atoms with Crippen molar-refractivity contribution in [3.8, 4) is 0 Å². The topological polar surface area (TPSA) is 32.3 Å². The van der Waals surface area contributed by atoms with Crippen LogP contribution in [0.4, 0.5) is 13.2 Å². The smallest absolute Gasteiger partial charge is 0.352 e. The fourth-order valence-corrected chi connectivity index (χ4v) is 3.53. The van der Waals surface area contributed by atoms with Crippen molar-refractivity contribution in [3.05, 3.63) is 0 Å². The van der Waals surface area contributed by atoms with Crippen molar-refractivity contribution in [2.24, 2.45) is 5.92 Å². The van der Waals surface area contributed by atoms with E-state index in [1.807, 2.05) is 0 Å². The highest BCUT2D eigenvalue weighted by molar-refractivity contribution is 5.76. The Kier molecular flexibility index (Phi) is 5.90. The summed E-state index contributed by atoms with van der Waals surface area (Å²) in [6.45, 7) is 2.73. The van der Waals surface area contributed by atoms with Crippen LogP contribution in [-0.4, -0.2) is 42.7 Å². The average Bonchev–Trinajstić information content (AvgIpc) is 2.38. The Bertz CT molecular complexity index is 340. The summed E-state index contributed by atoms with van der Waals surface area (Å²) in [6, 6.07) is -0.128. The molecule has 0 bridgehead atoms. The fraction of sp³-hybridized carbons (Fsp3) is 0.933. The molecule has 1 atom stereocenters. The molecule has 1 amide bonds. The van der Waals surface area contributed by atoms with Gasteiger partial charge in [-0.15, -0.1) is 0 Å². The lowest BCUT2D eigenvalue weighted by Gasteiger charge is -2.36. The number of carbonyl (C=O) groups excluding carboxylic acids is 1. The Morgan fingerprint density at radius 1 is 1.10 bits per heavy atom. The molecular formula is C15H25F3N2O. The molecule has 0 aromatic heterocycles. The van der Waals surface area contributed by atoms with Crippen LogP contribution in [0.1, 0.15) is 51.4 Å². The van der Waals surface area contributed by atoms with E-state index in [0.717, 1.165) is 31.8 Å². The van der Waals surface area contributed by atoms with Crippen LogP contribution in [0.2, 0.25) is 0 Å². The van der Waals surface area contributed by atoms with Crippen molar-refractivity contribution in [1.82, 2.24) is 10.2 Å². The molecule has 6 heteroatoms. The number of nitrogens with one attached hydrogen (secondary N) is 1. The maximum absolute atomic E-state index is 12.2. The van der Waals surface area contributed by atoms with Gasteiger partial charge in [0.1, 0.15) is 6.42 Å². The summed E-state index contributed by atoms with van der Waals surface area (Å²) < 4.78 is 36.5. The Labute approximate surface area is 124 Å². The molecule has 122 valence electrons. The van der Waals surface area contributed by atoms with Crippen molar-refractivity contribution in [3.63, 3.8) is 0 Å². The quantitative estimate of drug-likeness (QED) is 0.865. The van der Waals surface area contributed by atoms with E-state index in [0.29, 0.717) is 6.54 Å². The summed E-state index contributed by atoms with van der Waals surface area (Å²) >= 11 is 0. The zero-order chi connectivity index (χ0) is 15.3. The minimum Gasteiger partial charge on any atom is -0.352 e. The Morgan fingerprint density at radius 2 is 1.81 bits per heavy atom. The molecule has 1 aliphatic heterocycles. The number of rotatable bonds is 4. The predicted octanol–water partition coefficient (Wildman–Crippen LogP) is 3.10. The van der Waals surface area contributed by atoms with Gasteiger partial charge in [0.15, 0.2) is 0 Å². The fourth-order valence-electron chi connectivity index (χ4n) is 3.53. The molecule has 1 saturated carbocycles. The summed E-state index contributed by atoms with van der Waals surface area (Å²) in [7, 11) is 0. The zero-order valence-electron chi connectivity index (χ0n) is 12.4. The van der Waals surface area contributed by atoms with Gasteiger partial charge in [0.25, 0.3) is 0 Å². The van der Waals surface area contributed by atoms with Gasteiger partial charge in [-0.25, -0.2) is 0 Å². The highest BCUT2D eigenvalue weighted by Crippen LogP contribution is 2.25. The van der Waals surface area contributed by atoms with E-state index in [2.05, 4.69) is 10.2 Å². The van der Waals surface area contributed by atoms with E-state index >= 15 is 0 Å². The summed E-state index contributed by atoms with van der Waals surface area (Å²) in [5.74, 6) is -0.171. The van der Waals surface area contributed by atoms with E-state index in [1.54, 1.807) is 0 Å². The van der Waals surface area contributed by atoms with Crippen LogP contribution in [0.15, 0.2) is 0 Å². The molecule has 21 heavy (non-hydrogen) atoms. The number of carbonyl (C=O) groups is 1. The summed E-state index contributed by atoms with van der Waals surface area (Å²) in [6.07, 6.45) is 2.39. The molecule has 2 rings (SSSR count). The van der Waals surface area contributed by atoms with Crippen molar-refractivity contribution in [2.45, 2.75) is 63.6 Å². The maximum atomic E-state index is 12.2. The van der Waals surface area contributed by atoms with Crippen LogP contribution in [0, 0.1) is 5.92 Å². The van der Waals surface area contributed by atoms with E-state index in [4.69, 9.17) is 0 Å². The molecule has 1 heterocycles. The van der Waals surface area contributed by atoms with Gasteiger partial charge >= 0.3 is 6.18 Å². The first-order valence-corrected chi connectivity index (χ1v) is 8.01. The van der Waals surface area contributed by atoms with Crippen molar-refractivity contribution >= 4 is 5.91 Å². The van der Waals surface area contributed by atoms with Crippen molar-refractivity contribution in [2.75, 3.05) is 19.6 Å². The number of hydrogen-bond acceptors (Lipinski definition) is 2. The lowest BCUT2D eigenvalue weighted by atomic mass is 9.88. The third-order valence-electron chi connectivity index (χ3n) is 4.47. The second kappa shape index (κ2) is 7.47. The van der Waals surface area contributed by atoms with Gasteiger partial charge in [0.05, 0.1) is 0 Å². The first-order valence-electron chi connectivity index (χ1n) is 8.01. The van der Waals surface area contributed by atoms with Crippen LogP contribution in [0.25, 0.3) is 0 Å². The Balaban J connectivity index is 1.73. The molecule has 0 radical (unpaired) electrons. The second-order valence-electron chi connectivity index (χ2n) is 6.46. The van der Waals surface area contributed by atoms with Crippen LogP contribution in [-0.2, 0) is 4.79 Å². The molecule has 1 N–H and O–H groups in total. The number of piperidine rings is 1. The van der Waals surface area contributed by atoms with Crippen molar-refractivity contribution in [1.29, 1.82) is 0 Å². The average molecular weight is 306 g/mol. The molecule has 2 fully saturated rings. The van der Waals surface area contributed by atoms with Gasteiger partial charge in [-0.3, -0.25) is 4.79 Å². The Hall–Kier alpha value is -0.780. The second-order valence-corrected chi connectivity index (χ2v) is 6.46. The first-order chi connectivity index (χ1) is 9.92. The monoisotopic (exact) mass is 306 g/mol. The molecule has 1 unspecified atom stereocenters. The number of amides is 1. The highest BCUT2D eigenvalue weighted by Gasteiger charge is 2.32. The number of alkyl halides is 3. The van der Waals surface area contributed by atoms with Crippen LogP contribution in [0.5, 0.6) is 0 Å². The number of halogens is 3. The lowest BCUT2D eigenvalue weighted by molar-refractivity contribution is -0.154. The van der Waals surface area contributed by atoms with E-state index in [-0.39, 0.29) is 6.04 Å². The van der Waals surface area contributed by atoms with Gasteiger partial charge in [-0.1, -0.05) is 19.3 Å². The third-order valence-corrected chi connectivity index (χ3v) is 4.47. The normalized spacial score (nSPS) is 25.8. The van der Waals surface area contributed by atoms with E-state index in [9.17, 15) is 18.0 Å². The van der Waals surface area contributed by atoms with Gasteiger partial charge in [-0.05, 0) is 38.1 Å². The highest BCUT2D eigenvalue weighted by atomic mass is 19.4. The van der Waals surface area contributed by atoms with E-state index < -0.39 is 18.5 Å². The molecular weight excluding hydrogens is 281 g/mol. The maximum Gasteiger partial charge on any atom is 0.397 e.